The van der Waals surface area contributed by atoms with Gasteiger partial charge in [-0.1, -0.05) is 18.7 Å². The summed E-state index contributed by atoms with van der Waals surface area (Å²) in [6.45, 7) is 4.60. The number of aliphatic imine (C=N–C) groups is 1. The van der Waals surface area contributed by atoms with Crippen LogP contribution in [0.15, 0.2) is 21.8 Å². The first kappa shape index (κ1) is 14.5. The van der Waals surface area contributed by atoms with Crippen LogP contribution in [0.2, 0.25) is 0 Å². The molecular weight excluding hydrogens is 284 g/mol. The Balaban J connectivity index is 1.57. The van der Waals surface area contributed by atoms with Gasteiger partial charge in [-0.2, -0.15) is 11.3 Å². The molecule has 4 heteroatoms. The van der Waals surface area contributed by atoms with Crippen molar-refractivity contribution in [3.8, 4) is 0 Å². The Morgan fingerprint density at radius 2 is 2.25 bits per heavy atom. The SMILES string of the molecule is CC1CCC2(CC1)CSC(=NC(C)Cc1ccsc1)N2. The van der Waals surface area contributed by atoms with Gasteiger partial charge in [0.1, 0.15) is 0 Å². The number of thiophene rings is 1. The normalized spacial score (nSPS) is 33.5. The Kier molecular flexibility index (Phi) is 4.41. The maximum atomic E-state index is 4.89. The smallest absolute Gasteiger partial charge is 0.157 e. The second kappa shape index (κ2) is 6.10. The lowest BCUT2D eigenvalue weighted by molar-refractivity contribution is 0.250. The second-order valence-corrected chi connectivity index (χ2v) is 8.24. The van der Waals surface area contributed by atoms with Gasteiger partial charge in [0.05, 0.1) is 6.04 Å². The minimum atomic E-state index is 0.359. The molecule has 3 rings (SSSR count). The molecule has 2 nitrogen and oxygen atoms in total. The molecule has 2 fully saturated rings. The van der Waals surface area contributed by atoms with Crippen LogP contribution in [0.1, 0.15) is 45.1 Å². The fraction of sp³-hybridized carbons (Fsp3) is 0.688. The highest BCUT2D eigenvalue weighted by molar-refractivity contribution is 8.14. The van der Waals surface area contributed by atoms with Crippen LogP contribution in [0, 0.1) is 5.92 Å². The number of thioether (sulfide) groups is 1. The molecule has 1 atom stereocenters. The fourth-order valence-electron chi connectivity index (χ4n) is 3.15. The fourth-order valence-corrected chi connectivity index (χ4v) is 5.15. The number of hydrogen-bond donors (Lipinski definition) is 1. The van der Waals surface area contributed by atoms with Gasteiger partial charge in [0, 0.05) is 11.3 Å². The van der Waals surface area contributed by atoms with Crippen molar-refractivity contribution in [2.45, 2.75) is 57.5 Å². The summed E-state index contributed by atoms with van der Waals surface area (Å²) in [5, 5.41) is 9.32. The Hall–Kier alpha value is -0.480. The van der Waals surface area contributed by atoms with Crippen LogP contribution >= 0.6 is 23.1 Å². The zero-order chi connectivity index (χ0) is 14.0. The van der Waals surface area contributed by atoms with Crippen LogP contribution in [0.5, 0.6) is 0 Å². The lowest BCUT2D eigenvalue weighted by atomic mass is 9.78. The highest BCUT2D eigenvalue weighted by Crippen LogP contribution is 2.38. The predicted molar refractivity (Wildman–Crippen MR) is 90.9 cm³/mol. The molecule has 1 spiro atoms. The molecule has 0 radical (unpaired) electrons. The summed E-state index contributed by atoms with van der Waals surface area (Å²) in [7, 11) is 0. The van der Waals surface area contributed by atoms with Crippen LogP contribution in [-0.4, -0.2) is 22.5 Å². The summed E-state index contributed by atoms with van der Waals surface area (Å²) < 4.78 is 0. The third kappa shape index (κ3) is 3.40. The van der Waals surface area contributed by atoms with Gasteiger partial charge < -0.3 is 5.32 Å². The minimum Gasteiger partial charge on any atom is -0.359 e. The average molecular weight is 309 g/mol. The van der Waals surface area contributed by atoms with Crippen molar-refractivity contribution in [3.63, 3.8) is 0 Å². The van der Waals surface area contributed by atoms with E-state index < -0.39 is 0 Å². The molecule has 2 heterocycles. The molecule has 1 aliphatic heterocycles. The molecule has 1 saturated carbocycles. The third-order valence-corrected chi connectivity index (χ3v) is 6.45. The summed E-state index contributed by atoms with van der Waals surface area (Å²) in [5.41, 5.74) is 1.77. The molecule has 0 aromatic carbocycles. The van der Waals surface area contributed by atoms with E-state index in [1.54, 1.807) is 11.3 Å². The predicted octanol–water partition coefficient (Wildman–Crippen LogP) is 4.32. The molecule has 1 saturated heterocycles. The minimum absolute atomic E-state index is 0.359. The van der Waals surface area contributed by atoms with E-state index in [0.29, 0.717) is 11.6 Å². The van der Waals surface area contributed by atoms with Crippen molar-refractivity contribution in [1.29, 1.82) is 0 Å². The van der Waals surface area contributed by atoms with Crippen LogP contribution in [0.4, 0.5) is 0 Å². The van der Waals surface area contributed by atoms with Crippen LogP contribution in [-0.2, 0) is 6.42 Å². The van der Waals surface area contributed by atoms with E-state index in [4.69, 9.17) is 4.99 Å². The molecule has 1 aliphatic carbocycles. The molecule has 1 N–H and O–H groups in total. The van der Waals surface area contributed by atoms with E-state index in [1.165, 1.54) is 42.2 Å². The van der Waals surface area contributed by atoms with Crippen molar-refractivity contribution in [2.75, 3.05) is 5.75 Å². The molecule has 2 aliphatic rings. The molecule has 1 unspecified atom stereocenters. The monoisotopic (exact) mass is 308 g/mol. The maximum Gasteiger partial charge on any atom is 0.157 e. The molecule has 1 aromatic heterocycles. The van der Waals surface area contributed by atoms with Gasteiger partial charge in [-0.25, -0.2) is 0 Å². The zero-order valence-corrected chi connectivity index (χ0v) is 14.0. The summed E-state index contributed by atoms with van der Waals surface area (Å²) >= 11 is 3.70. The lowest BCUT2D eigenvalue weighted by Gasteiger charge is -2.35. The van der Waals surface area contributed by atoms with E-state index in [2.05, 4.69) is 36.0 Å². The third-order valence-electron chi connectivity index (χ3n) is 4.54. The van der Waals surface area contributed by atoms with Crippen LogP contribution in [0.3, 0.4) is 0 Å². The first-order chi connectivity index (χ1) is 9.65. The Labute approximate surface area is 130 Å². The summed E-state index contributed by atoms with van der Waals surface area (Å²) in [6, 6.07) is 2.58. The van der Waals surface area contributed by atoms with Crippen molar-refractivity contribution in [3.05, 3.63) is 22.4 Å². The quantitative estimate of drug-likeness (QED) is 0.899. The number of nitrogens with one attached hydrogen (secondary N) is 1. The van der Waals surface area contributed by atoms with Crippen LogP contribution in [0.25, 0.3) is 0 Å². The largest absolute Gasteiger partial charge is 0.359 e. The Morgan fingerprint density at radius 3 is 2.95 bits per heavy atom. The van der Waals surface area contributed by atoms with Crippen molar-refractivity contribution < 1.29 is 0 Å². The molecule has 110 valence electrons. The molecule has 1 aromatic rings. The van der Waals surface area contributed by atoms with Gasteiger partial charge in [0.2, 0.25) is 0 Å². The van der Waals surface area contributed by atoms with Gasteiger partial charge in [-0.3, -0.25) is 4.99 Å². The summed E-state index contributed by atoms with van der Waals surface area (Å²) in [4.78, 5) is 4.89. The first-order valence-electron chi connectivity index (χ1n) is 7.65. The summed E-state index contributed by atoms with van der Waals surface area (Å²) in [6.07, 6.45) is 6.42. The zero-order valence-electron chi connectivity index (χ0n) is 12.4. The number of hydrogen-bond acceptors (Lipinski definition) is 3. The summed E-state index contributed by atoms with van der Waals surface area (Å²) in [5.74, 6) is 2.12. The van der Waals surface area contributed by atoms with Crippen LogP contribution < -0.4 is 5.32 Å². The van der Waals surface area contributed by atoms with Crippen molar-refractivity contribution in [1.82, 2.24) is 5.32 Å². The van der Waals surface area contributed by atoms with Gasteiger partial charge in [0.25, 0.3) is 0 Å². The van der Waals surface area contributed by atoms with E-state index in [9.17, 15) is 0 Å². The van der Waals surface area contributed by atoms with E-state index in [-0.39, 0.29) is 0 Å². The van der Waals surface area contributed by atoms with Gasteiger partial charge >= 0.3 is 0 Å². The number of nitrogens with zero attached hydrogens (tertiary/aromatic N) is 1. The van der Waals surface area contributed by atoms with Crippen molar-refractivity contribution in [2.24, 2.45) is 10.9 Å². The van der Waals surface area contributed by atoms with Gasteiger partial charge in [0.15, 0.2) is 5.17 Å². The standard InChI is InChI=1S/C16H24N2S2/c1-12-3-6-16(7-4-12)11-20-15(18-16)17-13(2)9-14-5-8-19-10-14/h5,8,10,12-13H,3-4,6-7,9,11H2,1-2H3,(H,17,18). The Morgan fingerprint density at radius 1 is 1.45 bits per heavy atom. The van der Waals surface area contributed by atoms with E-state index in [1.807, 2.05) is 11.8 Å². The number of amidine groups is 1. The van der Waals surface area contributed by atoms with Crippen molar-refractivity contribution >= 4 is 28.3 Å². The Bertz CT molecular complexity index is 459. The van der Waals surface area contributed by atoms with Gasteiger partial charge in [-0.15, -0.1) is 0 Å². The first-order valence-corrected chi connectivity index (χ1v) is 9.58. The van der Waals surface area contributed by atoms with Gasteiger partial charge in [-0.05, 0) is 67.3 Å². The lowest BCUT2D eigenvalue weighted by Crippen LogP contribution is -2.46. The molecular formula is C16H24N2S2. The maximum absolute atomic E-state index is 4.89. The van der Waals surface area contributed by atoms with E-state index >= 15 is 0 Å². The average Bonchev–Trinajstić information content (AvgIpc) is 3.04. The second-order valence-electron chi connectivity index (χ2n) is 6.50. The highest BCUT2D eigenvalue weighted by atomic mass is 32.2. The molecule has 0 bridgehead atoms. The van der Waals surface area contributed by atoms with E-state index in [0.717, 1.165) is 12.3 Å². The highest BCUT2D eigenvalue weighted by Gasteiger charge is 2.39. The molecule has 20 heavy (non-hydrogen) atoms. The topological polar surface area (TPSA) is 24.4 Å². The number of rotatable bonds is 3. The molecule has 0 amide bonds.